The molecule has 0 radical (unpaired) electrons. The number of nitrogens with one attached hydrogen (secondary N) is 1. The average molecular weight is 633 g/mol. The number of hydrogen-bond donors (Lipinski definition) is 1. The van der Waals surface area contributed by atoms with Gasteiger partial charge in [0.05, 0.1) is 27.7 Å². The molecule has 3 aromatic carbocycles. The van der Waals surface area contributed by atoms with E-state index in [9.17, 15) is 18.0 Å². The van der Waals surface area contributed by atoms with Crippen LogP contribution in [-0.4, -0.2) is 50.9 Å². The second-order valence-corrected chi connectivity index (χ2v) is 13.1. The molecular weight excluding hydrogens is 597 g/mol. The molecule has 42 heavy (non-hydrogen) atoms. The minimum Gasteiger partial charge on any atom is -0.495 e. The fourth-order valence-corrected chi connectivity index (χ4v) is 6.80. The summed E-state index contributed by atoms with van der Waals surface area (Å²) in [5, 5.41) is 3.72. The van der Waals surface area contributed by atoms with Gasteiger partial charge in [-0.15, -0.1) is 0 Å². The third-order valence-electron chi connectivity index (χ3n) is 7.42. The summed E-state index contributed by atoms with van der Waals surface area (Å²) in [4.78, 5) is 28.9. The Morgan fingerprint density at radius 1 is 1.00 bits per heavy atom. The predicted octanol–water partition coefficient (Wildman–Crippen LogP) is 5.98. The van der Waals surface area contributed by atoms with Crippen LogP contribution in [0.1, 0.15) is 43.7 Å². The summed E-state index contributed by atoms with van der Waals surface area (Å²) >= 11 is 12.4. The van der Waals surface area contributed by atoms with Gasteiger partial charge in [0, 0.05) is 12.6 Å². The number of ether oxygens (including phenoxy) is 1. The lowest BCUT2D eigenvalue weighted by molar-refractivity contribution is -0.139. The van der Waals surface area contributed by atoms with Gasteiger partial charge in [-0.2, -0.15) is 0 Å². The number of benzene rings is 3. The second kappa shape index (κ2) is 13.8. The first-order valence-corrected chi connectivity index (χ1v) is 16.0. The summed E-state index contributed by atoms with van der Waals surface area (Å²) in [6.07, 6.45) is 3.84. The molecule has 224 valence electrons. The van der Waals surface area contributed by atoms with Gasteiger partial charge >= 0.3 is 0 Å². The lowest BCUT2D eigenvalue weighted by Crippen LogP contribution is -2.52. The van der Waals surface area contributed by atoms with Gasteiger partial charge in [0.2, 0.25) is 11.8 Å². The van der Waals surface area contributed by atoms with E-state index in [4.69, 9.17) is 27.9 Å². The molecule has 0 aromatic heterocycles. The van der Waals surface area contributed by atoms with E-state index < -0.39 is 28.5 Å². The van der Waals surface area contributed by atoms with E-state index in [-0.39, 0.29) is 34.8 Å². The Labute approximate surface area is 257 Å². The first-order chi connectivity index (χ1) is 20.0. The highest BCUT2D eigenvalue weighted by Gasteiger charge is 2.34. The SMILES string of the molecule is COc1ccc(C)cc1N(CC(=O)N(Cc1ccc(Cl)c(Cl)c1)[C@@H](C)C(=O)NC1CCCC1)S(=O)(=O)c1ccccc1. The Bertz CT molecular complexity index is 1530. The van der Waals surface area contributed by atoms with Gasteiger partial charge in [-0.25, -0.2) is 8.42 Å². The molecule has 8 nitrogen and oxygen atoms in total. The number of sulfonamides is 1. The Kier molecular flexibility index (Phi) is 10.4. The maximum atomic E-state index is 14.2. The van der Waals surface area contributed by atoms with Gasteiger partial charge in [-0.3, -0.25) is 13.9 Å². The van der Waals surface area contributed by atoms with E-state index in [0.717, 1.165) is 35.6 Å². The number of aryl methyl sites for hydroxylation is 1. The lowest BCUT2D eigenvalue weighted by atomic mass is 10.1. The van der Waals surface area contributed by atoms with E-state index in [2.05, 4.69) is 5.32 Å². The number of carbonyl (C=O) groups is 2. The third-order valence-corrected chi connectivity index (χ3v) is 9.93. The molecule has 4 rings (SSSR count). The second-order valence-electron chi connectivity index (χ2n) is 10.4. The molecule has 1 N–H and O–H groups in total. The lowest BCUT2D eigenvalue weighted by Gasteiger charge is -2.33. The molecular formula is C31H35Cl2N3O5S. The average Bonchev–Trinajstić information content (AvgIpc) is 3.49. The Morgan fingerprint density at radius 3 is 2.33 bits per heavy atom. The van der Waals surface area contributed by atoms with Crippen molar-refractivity contribution in [2.24, 2.45) is 0 Å². The van der Waals surface area contributed by atoms with Crippen molar-refractivity contribution in [2.45, 2.75) is 63.1 Å². The van der Waals surface area contributed by atoms with Crippen molar-refractivity contribution in [1.29, 1.82) is 0 Å². The third kappa shape index (κ3) is 7.38. The first-order valence-electron chi connectivity index (χ1n) is 13.8. The highest BCUT2D eigenvalue weighted by atomic mass is 35.5. The van der Waals surface area contributed by atoms with Crippen LogP contribution >= 0.6 is 23.2 Å². The zero-order valence-corrected chi connectivity index (χ0v) is 26.2. The van der Waals surface area contributed by atoms with E-state index in [1.807, 2.05) is 6.92 Å². The topological polar surface area (TPSA) is 96.0 Å². The number of amides is 2. The molecule has 0 aliphatic heterocycles. The van der Waals surface area contributed by atoms with Crippen molar-refractivity contribution in [3.8, 4) is 5.75 Å². The van der Waals surface area contributed by atoms with Crippen LogP contribution in [0.2, 0.25) is 10.0 Å². The summed E-state index contributed by atoms with van der Waals surface area (Å²) in [6, 6.07) is 17.1. The molecule has 0 bridgehead atoms. The van der Waals surface area contributed by atoms with Crippen molar-refractivity contribution in [2.75, 3.05) is 18.0 Å². The van der Waals surface area contributed by atoms with Crippen molar-refractivity contribution in [3.05, 3.63) is 87.9 Å². The van der Waals surface area contributed by atoms with Gasteiger partial charge in [-0.05, 0) is 74.2 Å². The largest absolute Gasteiger partial charge is 0.495 e. The van der Waals surface area contributed by atoms with Crippen LogP contribution in [0.15, 0.2) is 71.6 Å². The number of anilines is 1. The molecule has 1 atom stereocenters. The fraction of sp³-hybridized carbons (Fsp3) is 0.355. The van der Waals surface area contributed by atoms with Crippen molar-refractivity contribution < 1.29 is 22.7 Å². The van der Waals surface area contributed by atoms with E-state index >= 15 is 0 Å². The standard InChI is InChI=1S/C31H35Cl2N3O5S/c1-21-13-16-29(41-3)28(17-21)36(42(39,40)25-11-5-4-6-12-25)20-30(37)35(19-23-14-15-26(32)27(33)18-23)22(2)31(38)34-24-9-7-8-10-24/h4-6,11-18,22,24H,7-10,19-20H2,1-3H3,(H,34,38)/t22-/m0/s1. The van der Waals surface area contributed by atoms with Crippen LogP contribution < -0.4 is 14.4 Å². The van der Waals surface area contributed by atoms with Gasteiger partial charge in [0.25, 0.3) is 10.0 Å². The Morgan fingerprint density at radius 2 is 1.69 bits per heavy atom. The summed E-state index contributed by atoms with van der Waals surface area (Å²) in [5.74, 6) is -0.588. The van der Waals surface area contributed by atoms with E-state index in [1.54, 1.807) is 61.5 Å². The minimum atomic E-state index is -4.22. The molecule has 3 aromatic rings. The normalized spacial score (nSPS) is 14.3. The van der Waals surface area contributed by atoms with Gasteiger partial charge in [0.15, 0.2) is 0 Å². The highest BCUT2D eigenvalue weighted by molar-refractivity contribution is 7.92. The van der Waals surface area contributed by atoms with Crippen LogP contribution in [0, 0.1) is 6.92 Å². The Balaban J connectivity index is 1.74. The number of rotatable bonds is 11. The van der Waals surface area contributed by atoms with Gasteiger partial charge in [-0.1, -0.05) is 66.4 Å². The Hall–Kier alpha value is -3.27. The maximum Gasteiger partial charge on any atom is 0.264 e. The smallest absolute Gasteiger partial charge is 0.264 e. The quantitative estimate of drug-likeness (QED) is 0.281. The van der Waals surface area contributed by atoms with Crippen LogP contribution in [0.3, 0.4) is 0 Å². The number of methoxy groups -OCH3 is 1. The maximum absolute atomic E-state index is 14.2. The molecule has 0 saturated heterocycles. The van der Waals surface area contributed by atoms with Gasteiger partial charge in [0.1, 0.15) is 18.3 Å². The summed E-state index contributed by atoms with van der Waals surface area (Å²) in [7, 11) is -2.78. The molecule has 2 amide bonds. The van der Waals surface area contributed by atoms with Crippen molar-refractivity contribution >= 4 is 50.7 Å². The molecule has 1 saturated carbocycles. The van der Waals surface area contributed by atoms with Crippen LogP contribution in [0.25, 0.3) is 0 Å². The fourth-order valence-electron chi connectivity index (χ4n) is 5.04. The predicted molar refractivity (Wildman–Crippen MR) is 166 cm³/mol. The molecule has 0 unspecified atom stereocenters. The van der Waals surface area contributed by atoms with E-state index in [1.165, 1.54) is 24.1 Å². The molecule has 0 heterocycles. The molecule has 1 aliphatic rings. The number of carbonyl (C=O) groups excluding carboxylic acids is 2. The zero-order chi connectivity index (χ0) is 30.4. The monoisotopic (exact) mass is 631 g/mol. The van der Waals surface area contributed by atoms with Crippen LogP contribution in [0.4, 0.5) is 5.69 Å². The molecule has 1 fully saturated rings. The first kappa shape index (κ1) is 31.7. The highest BCUT2D eigenvalue weighted by Crippen LogP contribution is 2.34. The number of hydrogen-bond acceptors (Lipinski definition) is 5. The van der Waals surface area contributed by atoms with Crippen molar-refractivity contribution in [1.82, 2.24) is 10.2 Å². The summed E-state index contributed by atoms with van der Waals surface area (Å²) in [5.41, 5.74) is 1.64. The van der Waals surface area contributed by atoms with Crippen LogP contribution in [-0.2, 0) is 26.2 Å². The minimum absolute atomic E-state index is 0.0130. The summed E-state index contributed by atoms with van der Waals surface area (Å²) in [6.45, 7) is 2.91. The van der Waals surface area contributed by atoms with Crippen LogP contribution in [0.5, 0.6) is 5.75 Å². The zero-order valence-electron chi connectivity index (χ0n) is 23.8. The summed E-state index contributed by atoms with van der Waals surface area (Å²) < 4.78 is 34.6. The number of nitrogens with zero attached hydrogens (tertiary/aromatic N) is 2. The molecule has 0 spiro atoms. The van der Waals surface area contributed by atoms with Crippen molar-refractivity contribution in [3.63, 3.8) is 0 Å². The number of halogens is 2. The molecule has 11 heteroatoms. The van der Waals surface area contributed by atoms with E-state index in [0.29, 0.717) is 15.6 Å². The van der Waals surface area contributed by atoms with Gasteiger partial charge < -0.3 is 15.0 Å². The molecule has 1 aliphatic carbocycles.